The van der Waals surface area contributed by atoms with Crippen LogP contribution in [-0.4, -0.2) is 73.0 Å². The molecule has 0 spiro atoms. The maximum absolute atomic E-state index is 11.1. The number of amides is 4. The number of nitrogens with one attached hydrogen (secondary N) is 3. The molecule has 0 aromatic rings. The lowest BCUT2D eigenvalue weighted by Crippen LogP contribution is -2.45. The van der Waals surface area contributed by atoms with Gasteiger partial charge in [0.25, 0.3) is 0 Å². The third-order valence-electron chi connectivity index (χ3n) is 1.83. The van der Waals surface area contributed by atoms with E-state index in [-0.39, 0.29) is 25.7 Å². The van der Waals surface area contributed by atoms with Crippen LogP contribution < -0.4 is 16.0 Å². The highest BCUT2D eigenvalue weighted by Crippen LogP contribution is 1.79. The second kappa shape index (κ2) is 8.12. The number of carboxylic acid groups (broad SMARTS) is 1. The van der Waals surface area contributed by atoms with Gasteiger partial charge in [-0.3, -0.25) is 0 Å². The van der Waals surface area contributed by atoms with Crippen LogP contribution in [0.2, 0.25) is 0 Å². The molecular weight excluding hydrogens is 244 g/mol. The van der Waals surface area contributed by atoms with Gasteiger partial charge in [0.1, 0.15) is 0 Å². The molecule has 4 amide bonds. The lowest BCUT2D eigenvalue weighted by Gasteiger charge is -2.12. The average molecular weight is 262 g/mol. The van der Waals surface area contributed by atoms with Crippen LogP contribution in [0.5, 0.6) is 0 Å². The van der Waals surface area contributed by atoms with Gasteiger partial charge >= 0.3 is 18.0 Å². The SMILES string of the molecule is CN(C)C(=O)NCCNC(=O)NC[C@H](O)C(=O)O. The number of nitrogens with zero attached hydrogens (tertiary/aromatic N) is 1. The summed E-state index contributed by atoms with van der Waals surface area (Å²) in [6, 6.07) is -0.895. The van der Waals surface area contributed by atoms with Crippen LogP contribution >= 0.6 is 0 Å². The summed E-state index contributed by atoms with van der Waals surface area (Å²) in [7, 11) is 3.17. The van der Waals surface area contributed by atoms with Crippen LogP contribution in [0.3, 0.4) is 0 Å². The predicted octanol–water partition coefficient (Wildman–Crippen LogP) is -2.00. The zero-order valence-electron chi connectivity index (χ0n) is 10.3. The first kappa shape index (κ1) is 16.0. The molecule has 0 fully saturated rings. The molecule has 0 rings (SSSR count). The third kappa shape index (κ3) is 7.28. The number of hydrogen-bond acceptors (Lipinski definition) is 4. The van der Waals surface area contributed by atoms with E-state index in [4.69, 9.17) is 10.2 Å². The van der Waals surface area contributed by atoms with Crippen molar-refractivity contribution < 1.29 is 24.6 Å². The molecule has 0 unspecified atom stereocenters. The van der Waals surface area contributed by atoms with Gasteiger partial charge in [-0.1, -0.05) is 0 Å². The van der Waals surface area contributed by atoms with E-state index in [1.165, 1.54) is 4.90 Å². The fourth-order valence-electron chi connectivity index (χ4n) is 0.843. The van der Waals surface area contributed by atoms with Crippen LogP contribution in [0.4, 0.5) is 9.59 Å². The minimum Gasteiger partial charge on any atom is -0.479 e. The van der Waals surface area contributed by atoms with Gasteiger partial charge in [-0.15, -0.1) is 0 Å². The van der Waals surface area contributed by atoms with Gasteiger partial charge in [0.15, 0.2) is 6.10 Å². The Kier molecular flexibility index (Phi) is 7.20. The molecule has 0 heterocycles. The second-order valence-electron chi connectivity index (χ2n) is 3.62. The summed E-state index contributed by atoms with van der Waals surface area (Å²) in [4.78, 5) is 33.8. The number of carboxylic acids is 1. The minimum absolute atomic E-state index is 0.189. The Balaban J connectivity index is 3.60. The highest BCUT2D eigenvalue weighted by molar-refractivity contribution is 5.76. The van der Waals surface area contributed by atoms with Crippen molar-refractivity contribution in [3.8, 4) is 0 Å². The molecule has 0 aromatic heterocycles. The van der Waals surface area contributed by atoms with Crippen molar-refractivity contribution >= 4 is 18.0 Å². The largest absolute Gasteiger partial charge is 0.479 e. The van der Waals surface area contributed by atoms with E-state index < -0.39 is 18.1 Å². The summed E-state index contributed by atoms with van der Waals surface area (Å²) in [6.45, 7) is 0.0473. The molecule has 9 heteroatoms. The van der Waals surface area contributed by atoms with Crippen LogP contribution in [-0.2, 0) is 4.79 Å². The van der Waals surface area contributed by atoms with Crippen molar-refractivity contribution in [3.63, 3.8) is 0 Å². The number of aliphatic hydroxyl groups is 1. The molecule has 0 aromatic carbocycles. The fraction of sp³-hybridized carbons (Fsp3) is 0.667. The molecule has 0 aliphatic heterocycles. The van der Waals surface area contributed by atoms with Gasteiger partial charge in [0, 0.05) is 27.2 Å². The van der Waals surface area contributed by atoms with E-state index in [9.17, 15) is 14.4 Å². The quantitative estimate of drug-likeness (QED) is 0.353. The number of carbonyl (C=O) groups excluding carboxylic acids is 2. The smallest absolute Gasteiger partial charge is 0.334 e. The zero-order chi connectivity index (χ0) is 14.1. The highest BCUT2D eigenvalue weighted by atomic mass is 16.4. The van der Waals surface area contributed by atoms with E-state index in [0.29, 0.717) is 0 Å². The van der Waals surface area contributed by atoms with E-state index in [0.717, 1.165) is 0 Å². The maximum Gasteiger partial charge on any atom is 0.334 e. The van der Waals surface area contributed by atoms with Crippen molar-refractivity contribution in [1.82, 2.24) is 20.9 Å². The molecule has 0 aliphatic rings. The van der Waals surface area contributed by atoms with Crippen molar-refractivity contribution in [2.75, 3.05) is 33.7 Å². The lowest BCUT2D eigenvalue weighted by atomic mass is 10.4. The second-order valence-corrected chi connectivity index (χ2v) is 3.62. The van der Waals surface area contributed by atoms with Gasteiger partial charge in [0.2, 0.25) is 0 Å². The standard InChI is InChI=1S/C9H18N4O5/c1-13(2)9(18)11-4-3-10-8(17)12-5-6(14)7(15)16/h6,14H,3-5H2,1-2H3,(H,11,18)(H,15,16)(H2,10,12,17)/t6-/m0/s1. The molecular formula is C9H18N4O5. The first-order chi connectivity index (χ1) is 8.34. The first-order valence-electron chi connectivity index (χ1n) is 5.22. The normalized spacial score (nSPS) is 11.3. The van der Waals surface area contributed by atoms with E-state index in [1.807, 2.05) is 0 Å². The number of hydrogen-bond donors (Lipinski definition) is 5. The van der Waals surface area contributed by atoms with Gasteiger partial charge < -0.3 is 31.1 Å². The van der Waals surface area contributed by atoms with Crippen molar-refractivity contribution in [3.05, 3.63) is 0 Å². The Morgan fingerprint density at radius 3 is 2.17 bits per heavy atom. The molecule has 0 saturated carbocycles. The summed E-state index contributed by atoms with van der Waals surface area (Å²) in [5.41, 5.74) is 0. The molecule has 0 radical (unpaired) electrons. The van der Waals surface area contributed by atoms with Gasteiger partial charge in [-0.05, 0) is 0 Å². The molecule has 0 bridgehead atoms. The monoisotopic (exact) mass is 262 g/mol. The summed E-state index contributed by atoms with van der Waals surface area (Å²) in [6.07, 6.45) is -1.64. The lowest BCUT2D eigenvalue weighted by molar-refractivity contribution is -0.146. The molecule has 104 valence electrons. The molecule has 18 heavy (non-hydrogen) atoms. The van der Waals surface area contributed by atoms with E-state index in [2.05, 4.69) is 16.0 Å². The number of aliphatic hydroxyl groups excluding tert-OH is 1. The Morgan fingerprint density at radius 2 is 1.67 bits per heavy atom. The molecule has 9 nitrogen and oxygen atoms in total. The number of rotatable bonds is 6. The summed E-state index contributed by atoms with van der Waals surface area (Å²) in [5, 5.41) is 24.3. The molecule has 1 atom stereocenters. The van der Waals surface area contributed by atoms with Crippen molar-refractivity contribution in [2.45, 2.75) is 6.10 Å². The maximum atomic E-state index is 11.1. The molecule has 0 saturated heterocycles. The summed E-state index contributed by atoms with van der Waals surface area (Å²) < 4.78 is 0. The summed E-state index contributed by atoms with van der Waals surface area (Å²) in [5.74, 6) is -1.41. The first-order valence-corrected chi connectivity index (χ1v) is 5.22. The van der Waals surface area contributed by atoms with Gasteiger partial charge in [-0.25, -0.2) is 14.4 Å². The van der Waals surface area contributed by atoms with Crippen LogP contribution in [0.25, 0.3) is 0 Å². The van der Waals surface area contributed by atoms with Crippen LogP contribution in [0.15, 0.2) is 0 Å². The Morgan fingerprint density at radius 1 is 1.11 bits per heavy atom. The Bertz CT molecular complexity index is 307. The van der Waals surface area contributed by atoms with E-state index in [1.54, 1.807) is 14.1 Å². The van der Waals surface area contributed by atoms with Gasteiger partial charge in [0.05, 0.1) is 6.54 Å². The summed E-state index contributed by atoms with van der Waals surface area (Å²) >= 11 is 0. The van der Waals surface area contributed by atoms with Gasteiger partial charge in [-0.2, -0.15) is 0 Å². The van der Waals surface area contributed by atoms with Crippen LogP contribution in [0.1, 0.15) is 0 Å². The predicted molar refractivity (Wildman–Crippen MR) is 62.1 cm³/mol. The van der Waals surface area contributed by atoms with Crippen molar-refractivity contribution in [2.24, 2.45) is 0 Å². The van der Waals surface area contributed by atoms with E-state index >= 15 is 0 Å². The number of urea groups is 2. The van der Waals surface area contributed by atoms with Crippen molar-refractivity contribution in [1.29, 1.82) is 0 Å². The zero-order valence-corrected chi connectivity index (χ0v) is 10.3. The fourth-order valence-corrected chi connectivity index (χ4v) is 0.843. The molecule has 5 N–H and O–H groups in total. The minimum atomic E-state index is -1.64. The molecule has 0 aliphatic carbocycles. The topological polar surface area (TPSA) is 131 Å². The average Bonchev–Trinajstić information content (AvgIpc) is 2.30. The number of carbonyl (C=O) groups is 3. The Hall–Kier alpha value is -2.03. The number of aliphatic carboxylic acids is 1. The Labute approximate surface area is 104 Å². The van der Waals surface area contributed by atoms with Crippen LogP contribution in [0, 0.1) is 0 Å². The highest BCUT2D eigenvalue weighted by Gasteiger charge is 2.13. The third-order valence-corrected chi connectivity index (χ3v) is 1.83.